The van der Waals surface area contributed by atoms with Gasteiger partial charge in [-0.1, -0.05) is 18.2 Å². The maximum Gasteiger partial charge on any atom is 0.263 e. The number of aryl methyl sites for hydroxylation is 1. The van der Waals surface area contributed by atoms with Gasteiger partial charge in [0.1, 0.15) is 0 Å². The highest BCUT2D eigenvalue weighted by Gasteiger charge is 2.35. The van der Waals surface area contributed by atoms with Crippen LogP contribution < -0.4 is 14.9 Å². The fraction of sp³-hybridized carbons (Fsp3) is 0.190. The lowest BCUT2D eigenvalue weighted by molar-refractivity contribution is -0.122. The topological polar surface area (TPSA) is 108 Å². The molecular weight excluding hydrogens is 436 g/mol. The normalized spacial score (nSPS) is 16.4. The summed E-state index contributed by atoms with van der Waals surface area (Å²) < 4.78 is 27.2. The molecule has 1 aliphatic rings. The van der Waals surface area contributed by atoms with Crippen molar-refractivity contribution in [1.29, 1.82) is 0 Å². The third-order valence-corrected chi connectivity index (χ3v) is 7.16. The monoisotopic (exact) mass is 456 g/mol. The Kier molecular flexibility index (Phi) is 5.75. The number of aromatic nitrogens is 1. The Hall–Kier alpha value is -3.24. The number of rotatable bonds is 6. The van der Waals surface area contributed by atoms with E-state index in [0.29, 0.717) is 12.2 Å². The third-order valence-electron chi connectivity index (χ3n) is 4.99. The predicted molar refractivity (Wildman–Crippen MR) is 120 cm³/mol. The van der Waals surface area contributed by atoms with Gasteiger partial charge in [-0.25, -0.2) is 13.4 Å². The second-order valence-corrected chi connectivity index (χ2v) is 9.73. The number of sulfonamides is 1. The summed E-state index contributed by atoms with van der Waals surface area (Å²) in [4.78, 5) is 30.7. The molecule has 0 saturated carbocycles. The van der Waals surface area contributed by atoms with Gasteiger partial charge < -0.3 is 10.2 Å². The van der Waals surface area contributed by atoms with E-state index in [1.54, 1.807) is 10.3 Å². The van der Waals surface area contributed by atoms with Gasteiger partial charge >= 0.3 is 0 Å². The van der Waals surface area contributed by atoms with Gasteiger partial charge in [0.2, 0.25) is 11.8 Å². The number of amides is 2. The summed E-state index contributed by atoms with van der Waals surface area (Å²) in [6, 6.07) is 13.4. The number of thiazole rings is 1. The molecule has 0 bridgehead atoms. The summed E-state index contributed by atoms with van der Waals surface area (Å²) in [5.74, 6) is -0.854. The zero-order chi connectivity index (χ0) is 22.0. The highest BCUT2D eigenvalue weighted by molar-refractivity contribution is 7.93. The Balaban J connectivity index is 1.41. The lowest BCUT2D eigenvalue weighted by Gasteiger charge is -2.19. The van der Waals surface area contributed by atoms with E-state index < -0.39 is 15.9 Å². The second-order valence-electron chi connectivity index (χ2n) is 7.15. The molecule has 31 heavy (non-hydrogen) atoms. The molecule has 10 heteroatoms. The van der Waals surface area contributed by atoms with E-state index >= 15 is 0 Å². The van der Waals surface area contributed by atoms with Crippen molar-refractivity contribution in [2.24, 2.45) is 5.92 Å². The lowest BCUT2D eigenvalue weighted by atomic mass is 10.1. The SMILES string of the molecule is Cc1ccccc1N1CC(C(=O)Nc2ccc(S(=O)(=O)Nc3nccs3)cc2)CC1=O. The second kappa shape index (κ2) is 8.48. The Morgan fingerprint density at radius 2 is 1.90 bits per heavy atom. The van der Waals surface area contributed by atoms with Gasteiger partial charge in [-0.05, 0) is 42.8 Å². The smallest absolute Gasteiger partial charge is 0.263 e. The fourth-order valence-corrected chi connectivity index (χ4v) is 5.18. The molecule has 1 fully saturated rings. The van der Waals surface area contributed by atoms with Crippen molar-refractivity contribution in [3.63, 3.8) is 0 Å². The van der Waals surface area contributed by atoms with Gasteiger partial charge in [0.05, 0.1) is 10.8 Å². The Morgan fingerprint density at radius 3 is 2.58 bits per heavy atom. The van der Waals surface area contributed by atoms with E-state index in [9.17, 15) is 18.0 Å². The first kappa shape index (κ1) is 21.0. The predicted octanol–water partition coefficient (Wildman–Crippen LogP) is 3.24. The average Bonchev–Trinajstić information content (AvgIpc) is 3.38. The van der Waals surface area contributed by atoms with Crippen LogP contribution in [0.2, 0.25) is 0 Å². The molecule has 2 N–H and O–H groups in total. The Bertz CT molecular complexity index is 1210. The number of benzene rings is 2. The maximum absolute atomic E-state index is 12.7. The van der Waals surface area contributed by atoms with E-state index in [1.807, 2.05) is 31.2 Å². The van der Waals surface area contributed by atoms with Gasteiger partial charge in [-0.15, -0.1) is 11.3 Å². The van der Waals surface area contributed by atoms with Crippen molar-refractivity contribution >= 4 is 49.7 Å². The quantitative estimate of drug-likeness (QED) is 0.592. The van der Waals surface area contributed by atoms with Crippen LogP contribution >= 0.6 is 11.3 Å². The molecule has 1 unspecified atom stereocenters. The number of hydrogen-bond donors (Lipinski definition) is 2. The third kappa shape index (κ3) is 4.59. The first-order valence-corrected chi connectivity index (χ1v) is 11.9. The van der Waals surface area contributed by atoms with Crippen molar-refractivity contribution < 1.29 is 18.0 Å². The summed E-state index contributed by atoms with van der Waals surface area (Å²) in [7, 11) is -3.76. The largest absolute Gasteiger partial charge is 0.326 e. The summed E-state index contributed by atoms with van der Waals surface area (Å²) in [5.41, 5.74) is 2.24. The van der Waals surface area contributed by atoms with E-state index in [1.165, 1.54) is 41.8 Å². The van der Waals surface area contributed by atoms with Crippen LogP contribution in [0.4, 0.5) is 16.5 Å². The van der Waals surface area contributed by atoms with Gasteiger partial charge in [0.25, 0.3) is 10.0 Å². The molecule has 160 valence electrons. The molecule has 8 nitrogen and oxygen atoms in total. The minimum Gasteiger partial charge on any atom is -0.326 e. The molecule has 1 aromatic heterocycles. The van der Waals surface area contributed by atoms with E-state index in [0.717, 1.165) is 11.3 Å². The van der Waals surface area contributed by atoms with Gasteiger partial charge in [0.15, 0.2) is 5.13 Å². The van der Waals surface area contributed by atoms with Crippen molar-refractivity contribution in [3.05, 3.63) is 65.7 Å². The van der Waals surface area contributed by atoms with Crippen LogP contribution in [0.15, 0.2) is 65.0 Å². The van der Waals surface area contributed by atoms with Crippen LogP contribution in [-0.4, -0.2) is 31.8 Å². The minimum atomic E-state index is -3.76. The molecule has 1 atom stereocenters. The van der Waals surface area contributed by atoms with Gasteiger partial charge in [-0.3, -0.25) is 14.3 Å². The first-order valence-electron chi connectivity index (χ1n) is 9.53. The van der Waals surface area contributed by atoms with Gasteiger partial charge in [-0.2, -0.15) is 0 Å². The highest BCUT2D eigenvalue weighted by atomic mass is 32.2. The molecule has 2 amide bonds. The molecule has 2 heterocycles. The molecule has 4 rings (SSSR count). The summed E-state index contributed by atoms with van der Waals surface area (Å²) in [5, 5.41) is 4.72. The highest BCUT2D eigenvalue weighted by Crippen LogP contribution is 2.28. The molecule has 1 saturated heterocycles. The molecule has 1 aliphatic heterocycles. The average molecular weight is 457 g/mol. The number of hydrogen-bond acceptors (Lipinski definition) is 6. The number of para-hydroxylation sites is 1. The standard InChI is InChI=1S/C21H20N4O4S2/c1-14-4-2-3-5-18(14)25-13-15(12-19(25)26)20(27)23-16-6-8-17(9-7-16)31(28,29)24-21-22-10-11-30-21/h2-11,15H,12-13H2,1H3,(H,22,24)(H,23,27). The van der Waals surface area contributed by atoms with Crippen LogP contribution in [0.1, 0.15) is 12.0 Å². The molecular formula is C21H20N4O4S2. The molecule has 0 radical (unpaired) electrons. The molecule has 3 aromatic rings. The fourth-order valence-electron chi connectivity index (χ4n) is 3.39. The van der Waals surface area contributed by atoms with E-state index in [2.05, 4.69) is 15.0 Å². The van der Waals surface area contributed by atoms with E-state index in [4.69, 9.17) is 0 Å². The van der Waals surface area contributed by atoms with E-state index in [-0.39, 0.29) is 28.3 Å². The minimum absolute atomic E-state index is 0.0578. The van der Waals surface area contributed by atoms with Crippen molar-refractivity contribution in [2.45, 2.75) is 18.2 Å². The first-order chi connectivity index (χ1) is 14.8. The molecule has 0 spiro atoms. The van der Waals surface area contributed by atoms with Crippen LogP contribution in [-0.2, 0) is 19.6 Å². The lowest BCUT2D eigenvalue weighted by Crippen LogP contribution is -2.28. The molecule has 0 aliphatic carbocycles. The van der Waals surface area contributed by atoms with Gasteiger partial charge in [0, 0.05) is 35.9 Å². The summed E-state index contributed by atoms with van der Waals surface area (Å²) >= 11 is 1.18. The maximum atomic E-state index is 12.7. The summed E-state index contributed by atoms with van der Waals surface area (Å²) in [6.45, 7) is 2.23. The van der Waals surface area contributed by atoms with Crippen molar-refractivity contribution in [2.75, 3.05) is 21.5 Å². The van der Waals surface area contributed by atoms with Crippen LogP contribution in [0.5, 0.6) is 0 Å². The number of anilines is 3. The number of carbonyl (C=O) groups is 2. The Labute approximate surface area is 184 Å². The number of nitrogens with one attached hydrogen (secondary N) is 2. The number of nitrogens with zero attached hydrogens (tertiary/aromatic N) is 2. The summed E-state index contributed by atoms with van der Waals surface area (Å²) in [6.07, 6.45) is 1.64. The van der Waals surface area contributed by atoms with Crippen molar-refractivity contribution in [3.8, 4) is 0 Å². The zero-order valence-electron chi connectivity index (χ0n) is 16.6. The van der Waals surface area contributed by atoms with Crippen molar-refractivity contribution in [1.82, 2.24) is 4.98 Å². The molecule has 2 aromatic carbocycles. The zero-order valence-corrected chi connectivity index (χ0v) is 18.2. The Morgan fingerprint density at radius 1 is 1.16 bits per heavy atom. The van der Waals surface area contributed by atoms with Crippen LogP contribution in [0.25, 0.3) is 0 Å². The van der Waals surface area contributed by atoms with Crippen LogP contribution in [0.3, 0.4) is 0 Å². The van der Waals surface area contributed by atoms with Crippen LogP contribution in [0, 0.1) is 12.8 Å². The number of carbonyl (C=O) groups excluding carboxylic acids is 2.